The Balaban J connectivity index is 1.74. The lowest BCUT2D eigenvalue weighted by atomic mass is 10.0. The quantitative estimate of drug-likeness (QED) is 0.443. The molecule has 0 aliphatic rings. The number of para-hydroxylation sites is 1. The Morgan fingerprint density at radius 1 is 0.522 bits per heavy atom. The summed E-state index contributed by atoms with van der Waals surface area (Å²) in [4.78, 5) is 1.37. The van der Waals surface area contributed by atoms with Crippen LogP contribution in [0.3, 0.4) is 0 Å². The van der Waals surface area contributed by atoms with E-state index in [1.807, 2.05) is 84.9 Å². The number of hydrogen-bond acceptors (Lipinski definition) is 3. The van der Waals surface area contributed by atoms with Crippen LogP contribution in [0.4, 0.5) is 0 Å². The molecule has 3 aromatic rings. The third-order valence-electron chi connectivity index (χ3n) is 3.34. The molecule has 0 bridgehead atoms. The van der Waals surface area contributed by atoms with Crippen molar-refractivity contribution in [3.63, 3.8) is 0 Å². The monoisotopic (exact) mass is 334 g/mol. The minimum Gasteiger partial charge on any atom is -0.457 e. The van der Waals surface area contributed by atoms with Crippen molar-refractivity contribution in [1.29, 1.82) is 0 Å². The van der Waals surface area contributed by atoms with Crippen LogP contribution < -0.4 is 4.74 Å². The molecule has 3 heteroatoms. The minimum absolute atomic E-state index is 0.678. The van der Waals surface area contributed by atoms with Gasteiger partial charge in [-0.1, -0.05) is 73.0 Å². The zero-order chi connectivity index (χ0) is 16.1. The number of ether oxygens (including phenoxy) is 1. The molecule has 3 rings (SSSR count). The van der Waals surface area contributed by atoms with E-state index in [9.17, 15) is 0 Å². The zero-order valence-electron chi connectivity index (χ0n) is 12.3. The van der Waals surface area contributed by atoms with Gasteiger partial charge in [0.15, 0.2) is 0 Å². The largest absolute Gasteiger partial charge is 0.457 e. The van der Waals surface area contributed by atoms with E-state index in [0.717, 1.165) is 22.6 Å². The van der Waals surface area contributed by atoms with Gasteiger partial charge in [0.2, 0.25) is 0 Å². The summed E-state index contributed by atoms with van der Waals surface area (Å²) >= 11 is 11.0. The molecule has 0 spiro atoms. The summed E-state index contributed by atoms with van der Waals surface area (Å²) in [6.45, 7) is 0. The summed E-state index contributed by atoms with van der Waals surface area (Å²) in [5, 5.41) is 0. The van der Waals surface area contributed by atoms with Crippen molar-refractivity contribution in [2.75, 3.05) is 0 Å². The molecule has 23 heavy (non-hydrogen) atoms. The van der Waals surface area contributed by atoms with Crippen molar-refractivity contribution in [3.05, 3.63) is 96.1 Å². The normalized spacial score (nSPS) is 10.1. The highest BCUT2D eigenvalue weighted by Crippen LogP contribution is 2.22. The predicted octanol–water partition coefficient (Wildman–Crippen LogP) is 5.62. The Hall–Kier alpha value is -2.36. The van der Waals surface area contributed by atoms with E-state index in [-0.39, 0.29) is 0 Å². The van der Waals surface area contributed by atoms with E-state index in [1.165, 1.54) is 0 Å². The van der Waals surface area contributed by atoms with Crippen LogP contribution in [0.15, 0.2) is 84.9 Å². The third kappa shape index (κ3) is 3.89. The van der Waals surface area contributed by atoms with Gasteiger partial charge < -0.3 is 4.74 Å². The summed E-state index contributed by atoms with van der Waals surface area (Å²) in [6, 6.07) is 27.2. The second kappa shape index (κ2) is 7.27. The number of benzene rings is 3. The molecule has 0 N–H and O–H groups in total. The Kier molecular flexibility index (Phi) is 4.91. The summed E-state index contributed by atoms with van der Waals surface area (Å²) in [5.41, 5.74) is 1.89. The van der Waals surface area contributed by atoms with E-state index in [0.29, 0.717) is 9.73 Å². The van der Waals surface area contributed by atoms with Gasteiger partial charge in [-0.2, -0.15) is 0 Å². The lowest BCUT2D eigenvalue weighted by Gasteiger charge is -2.09. The van der Waals surface area contributed by atoms with Gasteiger partial charge in [0, 0.05) is 0 Å². The fraction of sp³-hybridized carbons (Fsp3) is 0. The van der Waals surface area contributed by atoms with Crippen LogP contribution in [-0.4, -0.2) is 9.73 Å². The average molecular weight is 334 g/mol. The number of thiocarbonyl (C=S) groups is 2. The van der Waals surface area contributed by atoms with E-state index in [4.69, 9.17) is 29.2 Å². The van der Waals surface area contributed by atoms with Gasteiger partial charge >= 0.3 is 0 Å². The molecule has 1 nitrogen and oxygen atoms in total. The van der Waals surface area contributed by atoms with Crippen LogP contribution in [0, 0.1) is 0 Å². The predicted molar refractivity (Wildman–Crippen MR) is 103 cm³/mol. The van der Waals surface area contributed by atoms with E-state index < -0.39 is 0 Å². The van der Waals surface area contributed by atoms with Gasteiger partial charge in [0.25, 0.3) is 0 Å². The van der Waals surface area contributed by atoms with Gasteiger partial charge in [-0.25, -0.2) is 0 Å². The van der Waals surface area contributed by atoms with Crippen molar-refractivity contribution in [1.82, 2.24) is 0 Å². The third-order valence-corrected chi connectivity index (χ3v) is 4.35. The Labute approximate surface area is 146 Å². The first kappa shape index (κ1) is 15.5. The highest BCUT2D eigenvalue weighted by molar-refractivity contribution is 7.90. The molecule has 0 aromatic heterocycles. The van der Waals surface area contributed by atoms with E-state index >= 15 is 0 Å². The molecule has 0 saturated carbocycles. The van der Waals surface area contributed by atoms with Gasteiger partial charge in [-0.3, -0.25) is 0 Å². The van der Waals surface area contributed by atoms with Crippen molar-refractivity contribution in [2.45, 2.75) is 0 Å². The Bertz CT molecular complexity index is 809. The summed E-state index contributed by atoms with van der Waals surface area (Å²) in [6.07, 6.45) is 0. The van der Waals surface area contributed by atoms with Crippen LogP contribution >= 0.6 is 24.4 Å². The van der Waals surface area contributed by atoms with Gasteiger partial charge in [-0.15, -0.1) is 0 Å². The SMILES string of the molecule is S=C(C(=S)c1ccc(Oc2ccccc2)cc1)c1ccccc1. The average Bonchev–Trinajstić information content (AvgIpc) is 2.63. The van der Waals surface area contributed by atoms with Crippen molar-refractivity contribution < 1.29 is 4.74 Å². The highest BCUT2D eigenvalue weighted by atomic mass is 32.1. The molecular weight excluding hydrogens is 320 g/mol. The maximum absolute atomic E-state index is 5.78. The Morgan fingerprint density at radius 2 is 0.957 bits per heavy atom. The molecule has 112 valence electrons. The fourth-order valence-electron chi connectivity index (χ4n) is 2.15. The molecule has 0 amide bonds. The van der Waals surface area contributed by atoms with Crippen LogP contribution in [0.2, 0.25) is 0 Å². The minimum atomic E-state index is 0.678. The first-order valence-electron chi connectivity index (χ1n) is 7.21. The molecule has 0 unspecified atom stereocenters. The van der Waals surface area contributed by atoms with E-state index in [1.54, 1.807) is 0 Å². The molecular formula is C20H14OS2. The van der Waals surface area contributed by atoms with Crippen molar-refractivity contribution in [3.8, 4) is 11.5 Å². The zero-order valence-corrected chi connectivity index (χ0v) is 13.9. The van der Waals surface area contributed by atoms with Crippen LogP contribution in [0.25, 0.3) is 0 Å². The summed E-state index contributed by atoms with van der Waals surface area (Å²) in [7, 11) is 0. The second-order valence-corrected chi connectivity index (χ2v) is 5.78. The van der Waals surface area contributed by atoms with Gasteiger partial charge in [-0.05, 0) is 47.5 Å². The molecule has 0 saturated heterocycles. The van der Waals surface area contributed by atoms with Crippen LogP contribution in [0.5, 0.6) is 11.5 Å². The van der Waals surface area contributed by atoms with E-state index in [2.05, 4.69) is 0 Å². The first-order chi connectivity index (χ1) is 11.2. The Morgan fingerprint density at radius 3 is 1.52 bits per heavy atom. The lowest BCUT2D eigenvalue weighted by molar-refractivity contribution is 0.482. The smallest absolute Gasteiger partial charge is 0.127 e. The van der Waals surface area contributed by atoms with Gasteiger partial charge in [0.1, 0.15) is 11.5 Å². The van der Waals surface area contributed by atoms with Crippen molar-refractivity contribution >= 4 is 34.2 Å². The molecule has 0 aliphatic carbocycles. The first-order valence-corrected chi connectivity index (χ1v) is 8.03. The molecule has 0 radical (unpaired) electrons. The summed E-state index contributed by atoms with van der Waals surface area (Å²) < 4.78 is 5.78. The maximum atomic E-state index is 5.78. The maximum Gasteiger partial charge on any atom is 0.127 e. The fourth-order valence-corrected chi connectivity index (χ4v) is 2.66. The van der Waals surface area contributed by atoms with Crippen LogP contribution in [-0.2, 0) is 0 Å². The lowest BCUT2D eigenvalue weighted by Crippen LogP contribution is -2.11. The molecule has 0 aliphatic heterocycles. The molecule has 0 atom stereocenters. The summed E-state index contributed by atoms with van der Waals surface area (Å²) in [5.74, 6) is 1.58. The molecule has 0 fully saturated rings. The second-order valence-electron chi connectivity index (χ2n) is 4.96. The van der Waals surface area contributed by atoms with Crippen LogP contribution in [0.1, 0.15) is 11.1 Å². The van der Waals surface area contributed by atoms with Gasteiger partial charge in [0.05, 0.1) is 9.73 Å². The highest BCUT2D eigenvalue weighted by Gasteiger charge is 2.10. The topological polar surface area (TPSA) is 9.23 Å². The standard InChI is InChI=1S/C20H14OS2/c22-19(15-7-3-1-4-8-15)20(23)16-11-13-18(14-12-16)21-17-9-5-2-6-10-17/h1-14H. The number of rotatable bonds is 5. The number of hydrogen-bond donors (Lipinski definition) is 0. The molecule has 3 aromatic carbocycles. The van der Waals surface area contributed by atoms with Crippen molar-refractivity contribution in [2.24, 2.45) is 0 Å². The molecule has 0 heterocycles.